The van der Waals surface area contributed by atoms with Crippen molar-refractivity contribution in [1.29, 1.82) is 0 Å². The van der Waals surface area contributed by atoms with Crippen molar-refractivity contribution in [1.82, 2.24) is 15.4 Å². The smallest absolute Gasteiger partial charge is 0.245 e. The molecule has 0 spiro atoms. The van der Waals surface area contributed by atoms with Crippen LogP contribution in [0, 0.1) is 0 Å². The number of nitrogens with zero attached hydrogens (tertiary/aromatic N) is 1. The number of benzene rings is 2. The molecule has 0 fully saturated rings. The molecule has 0 aliphatic rings. The number of hydrogen-bond acceptors (Lipinski definition) is 2. The lowest BCUT2D eigenvalue weighted by Gasteiger charge is -1.97. The third-order valence-electron chi connectivity index (χ3n) is 3.95. The molecule has 5 nitrogen and oxygen atoms in total. The maximum absolute atomic E-state index is 12.0. The first-order valence-electron chi connectivity index (χ1n) is 7.74. The fourth-order valence-electron chi connectivity index (χ4n) is 2.82. The maximum atomic E-state index is 12.0. The van der Waals surface area contributed by atoms with Gasteiger partial charge in [-0.2, -0.15) is 5.10 Å². The zero-order valence-electron chi connectivity index (χ0n) is 12.9. The number of hydrogen-bond donors (Lipinski definition) is 3. The van der Waals surface area contributed by atoms with Gasteiger partial charge in [-0.3, -0.25) is 4.79 Å². The Bertz CT molecular complexity index is 1010. The Morgan fingerprint density at radius 1 is 1.08 bits per heavy atom. The van der Waals surface area contributed by atoms with E-state index < -0.39 is 0 Å². The largest absolute Gasteiger partial charge is 0.361 e. The molecule has 0 aliphatic heterocycles. The molecule has 3 N–H and O–H groups in total. The van der Waals surface area contributed by atoms with Gasteiger partial charge in [0.25, 0.3) is 0 Å². The molecular weight excluding hydrogens is 300 g/mol. The van der Waals surface area contributed by atoms with Crippen molar-refractivity contribution in [2.24, 2.45) is 5.10 Å². The molecule has 0 atom stereocenters. The second-order valence-corrected chi connectivity index (χ2v) is 5.64. The van der Waals surface area contributed by atoms with Crippen LogP contribution < -0.4 is 5.43 Å². The number of para-hydroxylation sites is 2. The number of carbonyl (C=O) groups is 1. The molecule has 0 aliphatic carbocycles. The van der Waals surface area contributed by atoms with Crippen LogP contribution in [0.1, 0.15) is 11.3 Å². The molecule has 2 heterocycles. The van der Waals surface area contributed by atoms with E-state index in [1.165, 1.54) is 0 Å². The fraction of sp³-hybridized carbons (Fsp3) is 0.0526. The molecular formula is C19H16N4O. The number of fused-ring (bicyclic) bond motifs is 2. The summed E-state index contributed by atoms with van der Waals surface area (Å²) in [5.74, 6) is -0.155. The first kappa shape index (κ1) is 14.3. The SMILES string of the molecule is O=C(Cc1cc2ccccc2[nH]1)N/N=C\c1c[nH]c2ccccc12. The monoisotopic (exact) mass is 316 g/mol. The van der Waals surface area contributed by atoms with Crippen LogP contribution in [0.25, 0.3) is 21.8 Å². The van der Waals surface area contributed by atoms with E-state index in [2.05, 4.69) is 20.5 Å². The molecule has 5 heteroatoms. The number of aromatic amines is 2. The van der Waals surface area contributed by atoms with Crippen molar-refractivity contribution in [2.45, 2.75) is 6.42 Å². The molecule has 2 aromatic heterocycles. The summed E-state index contributed by atoms with van der Waals surface area (Å²) < 4.78 is 0. The third-order valence-corrected chi connectivity index (χ3v) is 3.95. The summed E-state index contributed by atoms with van der Waals surface area (Å²) >= 11 is 0. The van der Waals surface area contributed by atoms with Crippen LogP contribution in [0.4, 0.5) is 0 Å². The normalized spacial score (nSPS) is 11.5. The third kappa shape index (κ3) is 2.79. The van der Waals surface area contributed by atoms with Gasteiger partial charge in [0.15, 0.2) is 0 Å². The van der Waals surface area contributed by atoms with Crippen LogP contribution in [-0.4, -0.2) is 22.1 Å². The van der Waals surface area contributed by atoms with Crippen molar-refractivity contribution in [2.75, 3.05) is 0 Å². The minimum absolute atomic E-state index is 0.155. The topological polar surface area (TPSA) is 73.0 Å². The summed E-state index contributed by atoms with van der Waals surface area (Å²) in [6, 6.07) is 17.9. The first-order chi connectivity index (χ1) is 11.8. The number of hydrazone groups is 1. The van der Waals surface area contributed by atoms with Gasteiger partial charge in [-0.05, 0) is 23.6 Å². The van der Waals surface area contributed by atoms with Gasteiger partial charge < -0.3 is 9.97 Å². The van der Waals surface area contributed by atoms with Gasteiger partial charge >= 0.3 is 0 Å². The molecule has 1 amide bonds. The predicted octanol–water partition coefficient (Wildman–Crippen LogP) is 3.34. The van der Waals surface area contributed by atoms with Gasteiger partial charge in [0, 0.05) is 33.9 Å². The number of rotatable bonds is 4. The van der Waals surface area contributed by atoms with E-state index in [1.807, 2.05) is 60.8 Å². The second-order valence-electron chi connectivity index (χ2n) is 5.64. The number of nitrogens with one attached hydrogen (secondary N) is 3. The highest BCUT2D eigenvalue weighted by atomic mass is 16.2. The molecule has 0 saturated carbocycles. The minimum Gasteiger partial charge on any atom is -0.361 e. The van der Waals surface area contributed by atoms with Crippen molar-refractivity contribution < 1.29 is 4.79 Å². The Kier molecular flexibility index (Phi) is 3.59. The summed E-state index contributed by atoms with van der Waals surface area (Å²) in [4.78, 5) is 18.4. The van der Waals surface area contributed by atoms with Crippen molar-refractivity contribution in [3.63, 3.8) is 0 Å². The second kappa shape index (κ2) is 6.04. The lowest BCUT2D eigenvalue weighted by molar-refractivity contribution is -0.120. The zero-order valence-corrected chi connectivity index (χ0v) is 12.9. The molecule has 0 bridgehead atoms. The molecule has 4 rings (SSSR count). The molecule has 4 aromatic rings. The van der Waals surface area contributed by atoms with E-state index in [1.54, 1.807) is 6.21 Å². The molecule has 118 valence electrons. The summed E-state index contributed by atoms with van der Waals surface area (Å²) in [6.07, 6.45) is 3.79. The van der Waals surface area contributed by atoms with Crippen molar-refractivity contribution >= 4 is 33.9 Å². The van der Waals surface area contributed by atoms with E-state index in [0.29, 0.717) is 0 Å². The Morgan fingerprint density at radius 2 is 1.88 bits per heavy atom. The van der Waals surface area contributed by atoms with E-state index in [9.17, 15) is 4.79 Å². The van der Waals surface area contributed by atoms with E-state index in [-0.39, 0.29) is 12.3 Å². The van der Waals surface area contributed by atoms with Gasteiger partial charge in [0.2, 0.25) is 5.91 Å². The van der Waals surface area contributed by atoms with Gasteiger partial charge in [0.1, 0.15) is 0 Å². The number of amides is 1. The molecule has 0 unspecified atom stereocenters. The fourth-order valence-corrected chi connectivity index (χ4v) is 2.82. The highest BCUT2D eigenvalue weighted by Gasteiger charge is 2.06. The van der Waals surface area contributed by atoms with Crippen LogP contribution in [0.3, 0.4) is 0 Å². The van der Waals surface area contributed by atoms with Gasteiger partial charge in [0.05, 0.1) is 12.6 Å². The summed E-state index contributed by atoms with van der Waals surface area (Å²) in [5, 5.41) is 6.23. The summed E-state index contributed by atoms with van der Waals surface area (Å²) in [5.41, 5.74) is 6.46. The Labute approximate surface area is 138 Å². The Morgan fingerprint density at radius 3 is 2.75 bits per heavy atom. The van der Waals surface area contributed by atoms with E-state index >= 15 is 0 Å². The highest BCUT2D eigenvalue weighted by Crippen LogP contribution is 2.16. The van der Waals surface area contributed by atoms with Crippen LogP contribution in [0.2, 0.25) is 0 Å². The standard InChI is InChI=1S/C19H16N4O/c24-19(10-15-9-13-5-1-3-7-17(13)22-15)23-21-12-14-11-20-18-8-4-2-6-16(14)18/h1-9,11-12,20,22H,10H2,(H,23,24)/b21-12-. The molecule has 2 aromatic carbocycles. The number of aromatic nitrogens is 2. The highest BCUT2D eigenvalue weighted by molar-refractivity contribution is 5.99. The quantitative estimate of drug-likeness (QED) is 0.392. The van der Waals surface area contributed by atoms with E-state index in [4.69, 9.17) is 0 Å². The predicted molar refractivity (Wildman–Crippen MR) is 96.0 cm³/mol. The molecule has 24 heavy (non-hydrogen) atoms. The average Bonchev–Trinajstić information content (AvgIpc) is 3.18. The van der Waals surface area contributed by atoms with Gasteiger partial charge in [-0.1, -0.05) is 36.4 Å². The minimum atomic E-state index is -0.155. The van der Waals surface area contributed by atoms with Crippen LogP contribution >= 0.6 is 0 Å². The summed E-state index contributed by atoms with van der Waals surface area (Å²) in [7, 11) is 0. The Hall–Kier alpha value is -3.34. The van der Waals surface area contributed by atoms with Crippen LogP contribution in [-0.2, 0) is 11.2 Å². The molecule has 0 saturated heterocycles. The lowest BCUT2D eigenvalue weighted by atomic mass is 10.2. The van der Waals surface area contributed by atoms with Crippen LogP contribution in [0.15, 0.2) is 65.9 Å². The Balaban J connectivity index is 1.42. The number of H-pyrrole nitrogens is 2. The van der Waals surface area contributed by atoms with Gasteiger partial charge in [-0.15, -0.1) is 0 Å². The van der Waals surface area contributed by atoms with Crippen molar-refractivity contribution in [3.8, 4) is 0 Å². The maximum Gasteiger partial charge on any atom is 0.245 e. The van der Waals surface area contributed by atoms with E-state index in [0.717, 1.165) is 33.1 Å². The number of carbonyl (C=O) groups excluding carboxylic acids is 1. The lowest BCUT2D eigenvalue weighted by Crippen LogP contribution is -2.19. The van der Waals surface area contributed by atoms with Gasteiger partial charge in [-0.25, -0.2) is 5.43 Å². The zero-order chi connectivity index (χ0) is 16.4. The van der Waals surface area contributed by atoms with Crippen LogP contribution in [0.5, 0.6) is 0 Å². The van der Waals surface area contributed by atoms with Crippen molar-refractivity contribution in [3.05, 3.63) is 72.1 Å². The first-order valence-corrected chi connectivity index (χ1v) is 7.74. The average molecular weight is 316 g/mol. The summed E-state index contributed by atoms with van der Waals surface area (Å²) in [6.45, 7) is 0. The molecule has 0 radical (unpaired) electrons.